The van der Waals surface area contributed by atoms with Gasteiger partial charge in [0.25, 0.3) is 0 Å². The molecule has 0 aromatic rings. The number of likely N-dealkylation sites (tertiary alicyclic amines) is 1. The molecule has 1 heterocycles. The highest BCUT2D eigenvalue weighted by Crippen LogP contribution is 2.47. The number of imide groups is 1. The van der Waals surface area contributed by atoms with Crippen molar-refractivity contribution >= 4 is 11.8 Å². The van der Waals surface area contributed by atoms with E-state index in [1.165, 1.54) is 4.90 Å². The molecule has 2 fully saturated rings. The number of carbonyl (C=O) groups is 2. The van der Waals surface area contributed by atoms with Crippen molar-refractivity contribution in [2.45, 2.75) is 45.1 Å². The van der Waals surface area contributed by atoms with Crippen LogP contribution >= 0.6 is 0 Å². The summed E-state index contributed by atoms with van der Waals surface area (Å²) < 4.78 is 0. The van der Waals surface area contributed by atoms with Crippen LogP contribution in [0.5, 0.6) is 0 Å². The van der Waals surface area contributed by atoms with Crippen LogP contribution in [0, 0.1) is 5.41 Å². The normalized spacial score (nSPS) is 26.7. The molecule has 2 aliphatic rings. The molecule has 1 aliphatic heterocycles. The second kappa shape index (κ2) is 3.59. The highest BCUT2D eigenvalue weighted by Gasteiger charge is 2.53. The average Bonchev–Trinajstić information content (AvgIpc) is 2.75. The molecule has 2 amide bonds. The second-order valence-corrected chi connectivity index (χ2v) is 4.76. The Morgan fingerprint density at radius 3 is 2.53 bits per heavy atom. The van der Waals surface area contributed by atoms with E-state index >= 15 is 0 Å². The van der Waals surface area contributed by atoms with Crippen molar-refractivity contribution in [1.82, 2.24) is 4.90 Å². The van der Waals surface area contributed by atoms with Gasteiger partial charge >= 0.3 is 0 Å². The maximum absolute atomic E-state index is 12.1. The fourth-order valence-electron chi connectivity index (χ4n) is 2.79. The number of aliphatic hydroxyl groups is 1. The highest BCUT2D eigenvalue weighted by atomic mass is 16.3. The van der Waals surface area contributed by atoms with Gasteiger partial charge in [0.05, 0.1) is 18.1 Å². The van der Waals surface area contributed by atoms with Gasteiger partial charge in [0.15, 0.2) is 0 Å². The van der Waals surface area contributed by atoms with Crippen LogP contribution in [0.15, 0.2) is 0 Å². The summed E-state index contributed by atoms with van der Waals surface area (Å²) in [4.78, 5) is 25.1. The molecular formula is C11H17NO3. The minimum absolute atomic E-state index is 0.0495. The molecule has 1 atom stereocenters. The lowest BCUT2D eigenvalue weighted by Crippen LogP contribution is -2.42. The Morgan fingerprint density at radius 1 is 1.40 bits per heavy atom. The first-order valence-corrected chi connectivity index (χ1v) is 5.58. The Balaban J connectivity index is 2.23. The second-order valence-electron chi connectivity index (χ2n) is 4.76. The minimum atomic E-state index is -0.402. The van der Waals surface area contributed by atoms with Crippen LogP contribution in [0.25, 0.3) is 0 Å². The summed E-state index contributed by atoms with van der Waals surface area (Å²) in [6.45, 7) is 1.57. The van der Waals surface area contributed by atoms with Gasteiger partial charge in [-0.3, -0.25) is 14.5 Å². The van der Waals surface area contributed by atoms with E-state index in [2.05, 4.69) is 0 Å². The van der Waals surface area contributed by atoms with Crippen molar-refractivity contribution in [2.75, 3.05) is 6.61 Å². The van der Waals surface area contributed by atoms with Gasteiger partial charge in [-0.05, 0) is 19.8 Å². The van der Waals surface area contributed by atoms with Crippen LogP contribution < -0.4 is 0 Å². The van der Waals surface area contributed by atoms with E-state index < -0.39 is 5.41 Å². The number of hydrogen-bond donors (Lipinski definition) is 1. The van der Waals surface area contributed by atoms with Crippen LogP contribution in [-0.2, 0) is 9.59 Å². The van der Waals surface area contributed by atoms with Gasteiger partial charge in [-0.15, -0.1) is 0 Å². The number of rotatable bonds is 2. The molecule has 2 rings (SSSR count). The lowest BCUT2D eigenvalue weighted by atomic mass is 9.84. The molecule has 0 bridgehead atoms. The molecule has 0 aromatic carbocycles. The molecular weight excluding hydrogens is 194 g/mol. The molecule has 1 unspecified atom stereocenters. The molecule has 15 heavy (non-hydrogen) atoms. The predicted octanol–water partition coefficient (Wildman–Crippen LogP) is 0.686. The van der Waals surface area contributed by atoms with Gasteiger partial charge in [-0.2, -0.15) is 0 Å². The third-order valence-corrected chi connectivity index (χ3v) is 3.70. The number of aliphatic hydroxyl groups excluding tert-OH is 1. The van der Waals surface area contributed by atoms with E-state index in [1.54, 1.807) is 6.92 Å². The first kappa shape index (κ1) is 10.6. The van der Waals surface area contributed by atoms with E-state index in [0.717, 1.165) is 25.7 Å². The summed E-state index contributed by atoms with van der Waals surface area (Å²) in [7, 11) is 0. The zero-order chi connectivity index (χ0) is 11.1. The number of amides is 2. The Kier molecular flexibility index (Phi) is 2.54. The van der Waals surface area contributed by atoms with Crippen molar-refractivity contribution in [3.8, 4) is 0 Å². The van der Waals surface area contributed by atoms with Crippen LogP contribution in [0.1, 0.15) is 39.0 Å². The fraction of sp³-hybridized carbons (Fsp3) is 0.818. The van der Waals surface area contributed by atoms with E-state index in [-0.39, 0.29) is 24.5 Å². The first-order valence-electron chi connectivity index (χ1n) is 5.58. The SMILES string of the molecule is CC(CO)N1C(=O)CC2(CCCC2)C1=O. The van der Waals surface area contributed by atoms with Crippen LogP contribution in [-0.4, -0.2) is 34.5 Å². The molecule has 1 saturated carbocycles. The molecule has 1 saturated heterocycles. The summed E-state index contributed by atoms with van der Waals surface area (Å²) in [5.74, 6) is -0.157. The van der Waals surface area contributed by atoms with Crippen molar-refractivity contribution in [3.05, 3.63) is 0 Å². The van der Waals surface area contributed by atoms with Gasteiger partial charge in [0.1, 0.15) is 0 Å². The zero-order valence-electron chi connectivity index (χ0n) is 9.03. The highest BCUT2D eigenvalue weighted by molar-refractivity contribution is 6.06. The number of hydrogen-bond acceptors (Lipinski definition) is 3. The molecule has 1 aliphatic carbocycles. The molecule has 1 N–H and O–H groups in total. The third-order valence-electron chi connectivity index (χ3n) is 3.70. The topological polar surface area (TPSA) is 57.6 Å². The van der Waals surface area contributed by atoms with Crippen LogP contribution in [0.4, 0.5) is 0 Å². The Hall–Kier alpha value is -0.900. The number of nitrogens with zero attached hydrogens (tertiary/aromatic N) is 1. The molecule has 4 nitrogen and oxygen atoms in total. The lowest BCUT2D eigenvalue weighted by Gasteiger charge is -2.24. The zero-order valence-corrected chi connectivity index (χ0v) is 9.03. The molecule has 4 heteroatoms. The quantitative estimate of drug-likeness (QED) is 0.683. The summed E-state index contributed by atoms with van der Waals surface area (Å²) in [5.41, 5.74) is -0.402. The van der Waals surface area contributed by atoms with Gasteiger partial charge in [0.2, 0.25) is 11.8 Å². The van der Waals surface area contributed by atoms with E-state index in [9.17, 15) is 9.59 Å². The van der Waals surface area contributed by atoms with Gasteiger partial charge in [-0.1, -0.05) is 12.8 Å². The first-order chi connectivity index (χ1) is 7.10. The van der Waals surface area contributed by atoms with Gasteiger partial charge in [-0.25, -0.2) is 0 Å². The maximum Gasteiger partial charge on any atom is 0.236 e. The van der Waals surface area contributed by atoms with Crippen LogP contribution in [0.3, 0.4) is 0 Å². The standard InChI is InChI=1S/C11H17NO3/c1-8(7-13)12-9(14)6-11(10(12)15)4-2-3-5-11/h8,13H,2-7H2,1H3. The van der Waals surface area contributed by atoms with Crippen molar-refractivity contribution in [2.24, 2.45) is 5.41 Å². The van der Waals surface area contributed by atoms with E-state index in [4.69, 9.17) is 5.11 Å². The largest absolute Gasteiger partial charge is 0.394 e. The van der Waals surface area contributed by atoms with Gasteiger partial charge < -0.3 is 5.11 Å². The lowest BCUT2D eigenvalue weighted by molar-refractivity contribution is -0.144. The van der Waals surface area contributed by atoms with Crippen molar-refractivity contribution in [1.29, 1.82) is 0 Å². The van der Waals surface area contributed by atoms with Gasteiger partial charge in [0, 0.05) is 6.42 Å². The molecule has 0 radical (unpaired) electrons. The molecule has 84 valence electrons. The molecule has 1 spiro atoms. The van der Waals surface area contributed by atoms with Crippen LogP contribution in [0.2, 0.25) is 0 Å². The maximum atomic E-state index is 12.1. The van der Waals surface area contributed by atoms with E-state index in [0.29, 0.717) is 6.42 Å². The number of carbonyl (C=O) groups excluding carboxylic acids is 2. The molecule has 0 aromatic heterocycles. The van der Waals surface area contributed by atoms with E-state index in [1.807, 2.05) is 0 Å². The van der Waals surface area contributed by atoms with Crippen molar-refractivity contribution in [3.63, 3.8) is 0 Å². The average molecular weight is 211 g/mol. The fourth-order valence-corrected chi connectivity index (χ4v) is 2.79. The third kappa shape index (κ3) is 1.47. The Bertz CT molecular complexity index is 294. The summed E-state index contributed by atoms with van der Waals surface area (Å²) in [6.07, 6.45) is 4.12. The summed E-state index contributed by atoms with van der Waals surface area (Å²) >= 11 is 0. The van der Waals surface area contributed by atoms with Crippen molar-refractivity contribution < 1.29 is 14.7 Å². The smallest absolute Gasteiger partial charge is 0.236 e. The minimum Gasteiger partial charge on any atom is -0.394 e. The Morgan fingerprint density at radius 2 is 2.00 bits per heavy atom. The monoisotopic (exact) mass is 211 g/mol. The Labute approximate surface area is 89.3 Å². The summed E-state index contributed by atoms with van der Waals surface area (Å²) in [6, 6.07) is -0.370. The predicted molar refractivity (Wildman–Crippen MR) is 53.9 cm³/mol. The summed E-state index contributed by atoms with van der Waals surface area (Å²) in [5, 5.41) is 9.02.